The fraction of sp³-hybridized carbons (Fsp3) is 0.222. The van der Waals surface area contributed by atoms with Crippen LogP contribution in [0.5, 0.6) is 5.75 Å². The van der Waals surface area contributed by atoms with Crippen molar-refractivity contribution in [1.82, 2.24) is 4.72 Å². The summed E-state index contributed by atoms with van der Waals surface area (Å²) < 4.78 is 70.4. The van der Waals surface area contributed by atoms with Crippen molar-refractivity contribution in [2.75, 3.05) is 13.7 Å². The molecule has 4 nitrogen and oxygen atoms in total. The molecule has 0 bridgehead atoms. The second-order valence-electron chi connectivity index (χ2n) is 5.30. The number of rotatable bonds is 4. The summed E-state index contributed by atoms with van der Waals surface area (Å²) >= 11 is 0. The number of alkyl halides is 3. The van der Waals surface area contributed by atoms with Crippen LogP contribution in [0.2, 0.25) is 0 Å². The zero-order valence-corrected chi connectivity index (χ0v) is 14.8. The standard InChI is InChI=1S/C18H16F3NO3S/c1-13-12-15(9-10-17(13)25-2)26(23,24)22-11-5-7-14-6-3-4-8-16(14)18(19,20)21/h3-4,6,8-10,12,22H,11H2,1-2H3. The molecular formula is C18H16F3NO3S. The molecule has 0 amide bonds. The van der Waals surface area contributed by atoms with Crippen molar-refractivity contribution < 1.29 is 26.3 Å². The number of methoxy groups -OCH3 is 1. The van der Waals surface area contributed by atoms with Crippen LogP contribution in [-0.4, -0.2) is 22.1 Å². The van der Waals surface area contributed by atoms with Gasteiger partial charge in [-0.3, -0.25) is 0 Å². The lowest BCUT2D eigenvalue weighted by molar-refractivity contribution is -0.137. The summed E-state index contributed by atoms with van der Waals surface area (Å²) in [6.45, 7) is 1.38. The van der Waals surface area contributed by atoms with Crippen LogP contribution in [0.4, 0.5) is 13.2 Å². The van der Waals surface area contributed by atoms with Gasteiger partial charge in [0.05, 0.1) is 24.1 Å². The van der Waals surface area contributed by atoms with Gasteiger partial charge < -0.3 is 4.74 Å². The fourth-order valence-corrected chi connectivity index (χ4v) is 3.22. The summed E-state index contributed by atoms with van der Waals surface area (Å²) in [5, 5.41) is 0. The van der Waals surface area contributed by atoms with E-state index in [1.165, 1.54) is 43.5 Å². The van der Waals surface area contributed by atoms with Gasteiger partial charge in [0, 0.05) is 5.56 Å². The highest BCUT2D eigenvalue weighted by Gasteiger charge is 2.32. The molecule has 0 atom stereocenters. The van der Waals surface area contributed by atoms with Crippen molar-refractivity contribution in [2.24, 2.45) is 0 Å². The first-order chi connectivity index (χ1) is 12.1. The lowest BCUT2D eigenvalue weighted by atomic mass is 10.1. The smallest absolute Gasteiger partial charge is 0.417 e. The minimum Gasteiger partial charge on any atom is -0.496 e. The Kier molecular flexibility index (Phi) is 5.95. The molecule has 0 saturated carbocycles. The molecule has 2 aromatic rings. The first-order valence-electron chi connectivity index (χ1n) is 7.44. The second-order valence-corrected chi connectivity index (χ2v) is 7.07. The van der Waals surface area contributed by atoms with Gasteiger partial charge in [-0.2, -0.15) is 17.9 Å². The van der Waals surface area contributed by atoms with Crippen molar-refractivity contribution in [3.63, 3.8) is 0 Å². The van der Waals surface area contributed by atoms with E-state index in [1.54, 1.807) is 6.92 Å². The maximum Gasteiger partial charge on any atom is 0.417 e. The average Bonchev–Trinajstić information content (AvgIpc) is 2.58. The molecule has 138 valence electrons. The predicted molar refractivity (Wildman–Crippen MR) is 91.2 cm³/mol. The second kappa shape index (κ2) is 7.81. The SMILES string of the molecule is COc1ccc(S(=O)(=O)NCC#Cc2ccccc2C(F)(F)F)cc1C. The molecule has 0 heterocycles. The van der Waals surface area contributed by atoms with Crippen LogP contribution in [-0.2, 0) is 16.2 Å². The maximum absolute atomic E-state index is 12.9. The highest BCUT2D eigenvalue weighted by molar-refractivity contribution is 7.89. The Bertz CT molecular complexity index is 958. The third-order valence-corrected chi connectivity index (χ3v) is 4.88. The number of ether oxygens (including phenoxy) is 1. The zero-order chi connectivity index (χ0) is 19.4. The Labute approximate surface area is 150 Å². The zero-order valence-electron chi connectivity index (χ0n) is 14.0. The highest BCUT2D eigenvalue weighted by atomic mass is 32.2. The molecule has 0 aromatic heterocycles. The van der Waals surface area contributed by atoms with Crippen LogP contribution in [0.25, 0.3) is 0 Å². The summed E-state index contributed by atoms with van der Waals surface area (Å²) in [6.07, 6.45) is -4.52. The Morgan fingerprint density at radius 3 is 2.46 bits per heavy atom. The molecule has 2 rings (SSSR count). The Hall–Kier alpha value is -2.50. The van der Waals surface area contributed by atoms with Crippen LogP contribution in [0.15, 0.2) is 47.4 Å². The van der Waals surface area contributed by atoms with Crippen LogP contribution < -0.4 is 9.46 Å². The van der Waals surface area contributed by atoms with E-state index in [0.29, 0.717) is 11.3 Å². The summed E-state index contributed by atoms with van der Waals surface area (Å²) in [5.74, 6) is 5.32. The summed E-state index contributed by atoms with van der Waals surface area (Å²) in [7, 11) is -2.36. The normalized spacial score (nSPS) is 11.6. The van der Waals surface area contributed by atoms with Gasteiger partial charge in [-0.15, -0.1) is 0 Å². The van der Waals surface area contributed by atoms with Gasteiger partial charge in [-0.1, -0.05) is 24.0 Å². The monoisotopic (exact) mass is 383 g/mol. The van der Waals surface area contributed by atoms with Gasteiger partial charge >= 0.3 is 6.18 Å². The van der Waals surface area contributed by atoms with Crippen molar-refractivity contribution in [3.8, 4) is 17.6 Å². The Balaban J connectivity index is 2.14. The topological polar surface area (TPSA) is 55.4 Å². The van der Waals surface area contributed by atoms with Crippen molar-refractivity contribution in [1.29, 1.82) is 0 Å². The van der Waals surface area contributed by atoms with E-state index in [1.807, 2.05) is 0 Å². The Morgan fingerprint density at radius 1 is 1.15 bits per heavy atom. The quantitative estimate of drug-likeness (QED) is 0.824. The van der Waals surface area contributed by atoms with Crippen molar-refractivity contribution >= 4 is 10.0 Å². The lowest BCUT2D eigenvalue weighted by Gasteiger charge is -2.09. The van der Waals surface area contributed by atoms with Crippen LogP contribution in [0, 0.1) is 18.8 Å². The number of benzene rings is 2. The van der Waals surface area contributed by atoms with Crippen molar-refractivity contribution in [3.05, 3.63) is 59.2 Å². The molecule has 0 unspecified atom stereocenters. The molecule has 26 heavy (non-hydrogen) atoms. The minimum atomic E-state index is -4.52. The first-order valence-corrected chi connectivity index (χ1v) is 8.93. The molecule has 1 N–H and O–H groups in total. The number of nitrogens with one attached hydrogen (secondary N) is 1. The van der Waals surface area contributed by atoms with E-state index in [4.69, 9.17) is 4.74 Å². The maximum atomic E-state index is 12.9. The van der Waals surface area contributed by atoms with E-state index < -0.39 is 21.8 Å². The van der Waals surface area contributed by atoms with E-state index in [9.17, 15) is 21.6 Å². The average molecular weight is 383 g/mol. The number of sulfonamides is 1. The molecule has 0 spiro atoms. The molecule has 0 radical (unpaired) electrons. The van der Waals surface area contributed by atoms with E-state index in [-0.39, 0.29) is 17.0 Å². The Morgan fingerprint density at radius 2 is 1.85 bits per heavy atom. The molecule has 0 aliphatic rings. The van der Waals surface area contributed by atoms with E-state index >= 15 is 0 Å². The van der Waals surface area contributed by atoms with Gasteiger partial charge in [-0.25, -0.2) is 8.42 Å². The van der Waals surface area contributed by atoms with Gasteiger partial charge in [0.2, 0.25) is 10.0 Å². The number of halogens is 3. The van der Waals surface area contributed by atoms with Gasteiger partial charge in [-0.05, 0) is 42.8 Å². The third-order valence-electron chi connectivity index (χ3n) is 3.48. The number of aryl methyl sites for hydroxylation is 1. The molecule has 2 aromatic carbocycles. The molecule has 0 aliphatic carbocycles. The fourth-order valence-electron chi connectivity index (χ4n) is 2.21. The minimum absolute atomic E-state index is 0.0216. The van der Waals surface area contributed by atoms with Crippen LogP contribution >= 0.6 is 0 Å². The first kappa shape index (κ1) is 19.8. The summed E-state index contributed by atoms with van der Waals surface area (Å²) in [6, 6.07) is 9.20. The molecule has 8 heteroatoms. The van der Waals surface area contributed by atoms with E-state index in [2.05, 4.69) is 16.6 Å². The summed E-state index contributed by atoms with van der Waals surface area (Å²) in [5.41, 5.74) is -0.429. The summed E-state index contributed by atoms with van der Waals surface area (Å²) in [4.78, 5) is 0.0216. The molecular weight excluding hydrogens is 367 g/mol. The van der Waals surface area contributed by atoms with Gasteiger partial charge in [0.15, 0.2) is 0 Å². The number of hydrogen-bond acceptors (Lipinski definition) is 3. The molecule has 0 aliphatic heterocycles. The largest absolute Gasteiger partial charge is 0.496 e. The molecule has 0 saturated heterocycles. The van der Waals surface area contributed by atoms with Crippen LogP contribution in [0.3, 0.4) is 0 Å². The van der Waals surface area contributed by atoms with Gasteiger partial charge in [0.1, 0.15) is 5.75 Å². The highest BCUT2D eigenvalue weighted by Crippen LogP contribution is 2.31. The van der Waals surface area contributed by atoms with Crippen molar-refractivity contribution in [2.45, 2.75) is 18.0 Å². The predicted octanol–water partition coefficient (Wildman–Crippen LogP) is 3.35. The third kappa shape index (κ3) is 4.77. The van der Waals surface area contributed by atoms with E-state index in [0.717, 1.165) is 6.07 Å². The number of hydrogen-bond donors (Lipinski definition) is 1. The molecule has 0 fully saturated rings. The lowest BCUT2D eigenvalue weighted by Crippen LogP contribution is -2.24. The van der Waals surface area contributed by atoms with Gasteiger partial charge in [0.25, 0.3) is 0 Å². The van der Waals surface area contributed by atoms with Crippen LogP contribution in [0.1, 0.15) is 16.7 Å².